The van der Waals surface area contributed by atoms with Crippen molar-refractivity contribution in [1.29, 1.82) is 0 Å². The summed E-state index contributed by atoms with van der Waals surface area (Å²) in [5, 5.41) is 9.09. The number of carboxylic acid groups (broad SMARTS) is 1. The third-order valence-electron chi connectivity index (χ3n) is 3.02. The Balaban J connectivity index is 2.68. The van der Waals surface area contributed by atoms with E-state index in [-0.39, 0.29) is 11.1 Å². The standard InChI is InChI=1S/C15H12F2O2/c1-8-5-9(2)13(15(18)19)7-12(8)11-4-3-10(16)6-14(11)17/h3-7H,1-2H3,(H,18,19). The zero-order chi connectivity index (χ0) is 14.2. The lowest BCUT2D eigenvalue weighted by Crippen LogP contribution is -2.02. The molecule has 4 heteroatoms. The summed E-state index contributed by atoms with van der Waals surface area (Å²) in [6.45, 7) is 3.44. The van der Waals surface area contributed by atoms with Crippen molar-refractivity contribution in [2.45, 2.75) is 13.8 Å². The fourth-order valence-corrected chi connectivity index (χ4v) is 2.08. The second-order valence-corrected chi connectivity index (χ2v) is 4.41. The highest BCUT2D eigenvalue weighted by molar-refractivity contribution is 5.91. The van der Waals surface area contributed by atoms with E-state index in [0.717, 1.165) is 17.7 Å². The van der Waals surface area contributed by atoms with Gasteiger partial charge in [-0.15, -0.1) is 0 Å². The minimum absolute atomic E-state index is 0.115. The summed E-state index contributed by atoms with van der Waals surface area (Å²) in [6, 6.07) is 6.35. The van der Waals surface area contributed by atoms with E-state index >= 15 is 0 Å². The summed E-state index contributed by atoms with van der Waals surface area (Å²) in [4.78, 5) is 11.1. The third-order valence-corrected chi connectivity index (χ3v) is 3.02. The van der Waals surface area contributed by atoms with Gasteiger partial charge in [-0.2, -0.15) is 0 Å². The number of aryl methyl sites for hydroxylation is 2. The first-order valence-electron chi connectivity index (χ1n) is 5.70. The van der Waals surface area contributed by atoms with Gasteiger partial charge in [-0.1, -0.05) is 6.07 Å². The predicted octanol–water partition coefficient (Wildman–Crippen LogP) is 3.95. The Morgan fingerprint density at radius 3 is 2.26 bits per heavy atom. The molecule has 1 N–H and O–H groups in total. The fourth-order valence-electron chi connectivity index (χ4n) is 2.08. The number of carbonyl (C=O) groups is 1. The van der Waals surface area contributed by atoms with Crippen molar-refractivity contribution in [2.24, 2.45) is 0 Å². The third kappa shape index (κ3) is 2.47. The van der Waals surface area contributed by atoms with Crippen LogP contribution < -0.4 is 0 Å². The molecule has 0 heterocycles. The molecule has 0 saturated heterocycles. The minimum Gasteiger partial charge on any atom is -0.478 e. The molecular weight excluding hydrogens is 250 g/mol. The van der Waals surface area contributed by atoms with Gasteiger partial charge in [0.25, 0.3) is 0 Å². The number of rotatable bonds is 2. The summed E-state index contributed by atoms with van der Waals surface area (Å²) in [6.07, 6.45) is 0. The molecule has 2 aromatic carbocycles. The highest BCUT2D eigenvalue weighted by Crippen LogP contribution is 2.29. The van der Waals surface area contributed by atoms with E-state index in [1.165, 1.54) is 12.1 Å². The van der Waals surface area contributed by atoms with Gasteiger partial charge in [0.15, 0.2) is 0 Å². The van der Waals surface area contributed by atoms with Crippen LogP contribution in [0.5, 0.6) is 0 Å². The van der Waals surface area contributed by atoms with Crippen molar-refractivity contribution in [3.05, 3.63) is 58.7 Å². The first-order valence-corrected chi connectivity index (χ1v) is 5.70. The summed E-state index contributed by atoms with van der Waals surface area (Å²) >= 11 is 0. The maximum atomic E-state index is 13.8. The van der Waals surface area contributed by atoms with Gasteiger partial charge in [0.2, 0.25) is 0 Å². The average Bonchev–Trinajstić information content (AvgIpc) is 2.30. The van der Waals surface area contributed by atoms with Crippen LogP contribution >= 0.6 is 0 Å². The van der Waals surface area contributed by atoms with Gasteiger partial charge in [-0.25, -0.2) is 13.6 Å². The quantitative estimate of drug-likeness (QED) is 0.889. The number of hydrogen-bond donors (Lipinski definition) is 1. The Morgan fingerprint density at radius 2 is 1.68 bits per heavy atom. The van der Waals surface area contributed by atoms with Crippen LogP contribution in [0, 0.1) is 25.5 Å². The van der Waals surface area contributed by atoms with Crippen molar-refractivity contribution in [3.8, 4) is 11.1 Å². The lowest BCUT2D eigenvalue weighted by Gasteiger charge is -2.11. The number of carboxylic acids is 1. The molecule has 19 heavy (non-hydrogen) atoms. The van der Waals surface area contributed by atoms with Crippen molar-refractivity contribution in [3.63, 3.8) is 0 Å². The molecule has 0 amide bonds. The summed E-state index contributed by atoms with van der Waals surface area (Å²) in [5.41, 5.74) is 2.12. The SMILES string of the molecule is Cc1cc(C)c(-c2ccc(F)cc2F)cc1C(=O)O. The Hall–Kier alpha value is -2.23. The Morgan fingerprint density at radius 1 is 1.00 bits per heavy atom. The highest BCUT2D eigenvalue weighted by Gasteiger charge is 2.14. The maximum absolute atomic E-state index is 13.8. The van der Waals surface area contributed by atoms with Crippen molar-refractivity contribution in [1.82, 2.24) is 0 Å². The first-order chi connectivity index (χ1) is 8.90. The van der Waals surface area contributed by atoms with Crippen LogP contribution in [-0.2, 0) is 0 Å². The van der Waals surface area contributed by atoms with Crippen LogP contribution in [0.1, 0.15) is 21.5 Å². The van der Waals surface area contributed by atoms with E-state index in [1.807, 2.05) is 0 Å². The van der Waals surface area contributed by atoms with Gasteiger partial charge in [-0.3, -0.25) is 0 Å². The Bertz CT molecular complexity index is 663. The Labute approximate surface area is 109 Å². The Kier molecular flexibility index (Phi) is 3.34. The maximum Gasteiger partial charge on any atom is 0.335 e. The van der Waals surface area contributed by atoms with E-state index in [0.29, 0.717) is 11.1 Å². The van der Waals surface area contributed by atoms with Crippen LogP contribution in [0.3, 0.4) is 0 Å². The molecule has 2 aromatic rings. The lowest BCUT2D eigenvalue weighted by molar-refractivity contribution is 0.0696. The molecule has 2 rings (SSSR count). The first kappa shape index (κ1) is 13.2. The van der Waals surface area contributed by atoms with Gasteiger partial charge in [0.1, 0.15) is 11.6 Å². The van der Waals surface area contributed by atoms with Gasteiger partial charge in [-0.05, 0) is 48.7 Å². The van der Waals surface area contributed by atoms with E-state index in [4.69, 9.17) is 5.11 Å². The van der Waals surface area contributed by atoms with Crippen molar-refractivity contribution >= 4 is 5.97 Å². The van der Waals surface area contributed by atoms with Gasteiger partial charge < -0.3 is 5.11 Å². The van der Waals surface area contributed by atoms with E-state index in [2.05, 4.69) is 0 Å². The van der Waals surface area contributed by atoms with Gasteiger partial charge in [0.05, 0.1) is 5.56 Å². The smallest absolute Gasteiger partial charge is 0.335 e. The largest absolute Gasteiger partial charge is 0.478 e. The van der Waals surface area contributed by atoms with Crippen molar-refractivity contribution < 1.29 is 18.7 Å². The summed E-state index contributed by atoms with van der Waals surface area (Å²) < 4.78 is 26.7. The fraction of sp³-hybridized carbons (Fsp3) is 0.133. The van der Waals surface area contributed by atoms with Crippen LogP contribution in [-0.4, -0.2) is 11.1 Å². The van der Waals surface area contributed by atoms with Crippen LogP contribution in [0.25, 0.3) is 11.1 Å². The molecule has 0 aliphatic heterocycles. The zero-order valence-electron chi connectivity index (χ0n) is 10.5. The molecule has 0 saturated carbocycles. The molecule has 0 bridgehead atoms. The molecular formula is C15H12F2O2. The minimum atomic E-state index is -1.07. The second kappa shape index (κ2) is 4.80. The number of aromatic carboxylic acids is 1. The summed E-state index contributed by atoms with van der Waals surface area (Å²) in [5.74, 6) is -2.44. The number of benzene rings is 2. The van der Waals surface area contributed by atoms with Gasteiger partial charge >= 0.3 is 5.97 Å². The molecule has 0 radical (unpaired) electrons. The van der Waals surface area contributed by atoms with Crippen LogP contribution in [0.15, 0.2) is 30.3 Å². The van der Waals surface area contributed by atoms with E-state index < -0.39 is 17.6 Å². The topological polar surface area (TPSA) is 37.3 Å². The number of hydrogen-bond acceptors (Lipinski definition) is 1. The molecule has 0 aliphatic carbocycles. The molecule has 2 nitrogen and oxygen atoms in total. The molecule has 0 spiro atoms. The molecule has 98 valence electrons. The van der Waals surface area contributed by atoms with E-state index in [1.54, 1.807) is 19.9 Å². The zero-order valence-corrected chi connectivity index (χ0v) is 10.5. The number of halogens is 2. The van der Waals surface area contributed by atoms with E-state index in [9.17, 15) is 13.6 Å². The van der Waals surface area contributed by atoms with Gasteiger partial charge in [0, 0.05) is 11.6 Å². The average molecular weight is 262 g/mol. The molecule has 0 aliphatic rings. The van der Waals surface area contributed by atoms with Crippen LogP contribution in [0.2, 0.25) is 0 Å². The molecule has 0 aromatic heterocycles. The summed E-state index contributed by atoms with van der Waals surface area (Å²) in [7, 11) is 0. The molecule has 0 unspecified atom stereocenters. The highest BCUT2D eigenvalue weighted by atomic mass is 19.1. The predicted molar refractivity (Wildman–Crippen MR) is 68.2 cm³/mol. The monoisotopic (exact) mass is 262 g/mol. The molecule has 0 atom stereocenters. The normalized spacial score (nSPS) is 10.5. The van der Waals surface area contributed by atoms with Crippen molar-refractivity contribution in [2.75, 3.05) is 0 Å². The lowest BCUT2D eigenvalue weighted by atomic mass is 9.94. The second-order valence-electron chi connectivity index (χ2n) is 4.41. The van der Waals surface area contributed by atoms with Crippen LogP contribution in [0.4, 0.5) is 8.78 Å². The molecule has 0 fully saturated rings.